The van der Waals surface area contributed by atoms with Crippen LogP contribution in [0.15, 0.2) is 29.4 Å². The van der Waals surface area contributed by atoms with Crippen LogP contribution in [0.2, 0.25) is 0 Å². The second-order valence-corrected chi connectivity index (χ2v) is 4.75. The van der Waals surface area contributed by atoms with Crippen molar-refractivity contribution in [3.05, 3.63) is 45.8 Å². The van der Waals surface area contributed by atoms with Gasteiger partial charge < -0.3 is 5.32 Å². The summed E-state index contributed by atoms with van der Waals surface area (Å²) >= 11 is 0. The second-order valence-electron chi connectivity index (χ2n) is 4.75. The van der Waals surface area contributed by atoms with Crippen molar-refractivity contribution < 1.29 is 0 Å². The van der Waals surface area contributed by atoms with E-state index in [9.17, 15) is 0 Å². The molecule has 1 unspecified atom stereocenters. The van der Waals surface area contributed by atoms with Crippen LogP contribution in [0.4, 0.5) is 0 Å². The molecule has 1 aliphatic rings. The van der Waals surface area contributed by atoms with Crippen molar-refractivity contribution >= 4 is 0 Å². The molecule has 0 fully saturated rings. The lowest BCUT2D eigenvalue weighted by molar-refractivity contribution is 0.356. The number of nitrogens with zero attached hydrogens (tertiary/aromatic N) is 3. The molecule has 1 aromatic rings. The maximum atomic E-state index is 8.20. The van der Waals surface area contributed by atoms with Crippen molar-refractivity contribution in [1.82, 2.24) is 5.32 Å². The van der Waals surface area contributed by atoms with Gasteiger partial charge in [-0.3, -0.25) is 0 Å². The molecule has 1 aromatic carbocycles. The summed E-state index contributed by atoms with van der Waals surface area (Å²) in [6.07, 6.45) is 3.13. The first-order valence-electron chi connectivity index (χ1n) is 6.10. The first-order chi connectivity index (χ1) is 8.26. The van der Waals surface area contributed by atoms with E-state index in [-0.39, 0.29) is 5.54 Å². The minimum Gasteiger partial charge on any atom is -0.303 e. The number of azide groups is 1. The van der Waals surface area contributed by atoms with Gasteiger partial charge in [0, 0.05) is 23.5 Å². The zero-order valence-electron chi connectivity index (χ0n) is 10.2. The molecule has 0 aliphatic carbocycles. The number of unbranched alkanes of at least 4 members (excludes halogenated alkanes) is 1. The number of hydrogen-bond acceptors (Lipinski definition) is 2. The molecule has 0 amide bonds. The van der Waals surface area contributed by atoms with E-state index in [1.165, 1.54) is 11.1 Å². The molecule has 0 radical (unpaired) electrons. The summed E-state index contributed by atoms with van der Waals surface area (Å²) in [7, 11) is 0. The molecule has 4 heteroatoms. The highest BCUT2D eigenvalue weighted by atomic mass is 15.1. The Labute approximate surface area is 102 Å². The van der Waals surface area contributed by atoms with E-state index in [1.54, 1.807) is 0 Å². The van der Waals surface area contributed by atoms with Crippen LogP contribution in [0.5, 0.6) is 0 Å². The van der Waals surface area contributed by atoms with Gasteiger partial charge in [0.05, 0.1) is 0 Å². The summed E-state index contributed by atoms with van der Waals surface area (Å²) in [4.78, 5) is 2.77. The minimum atomic E-state index is 0.0902. The molecule has 17 heavy (non-hydrogen) atoms. The predicted molar refractivity (Wildman–Crippen MR) is 68.5 cm³/mol. The van der Waals surface area contributed by atoms with Crippen molar-refractivity contribution in [3.8, 4) is 0 Å². The number of hydrogen-bond donors (Lipinski definition) is 1. The SMILES string of the molecule is CC1(CCCCN=[N+]=[N-])NCc2ccccc21. The molecule has 1 N–H and O–H groups in total. The highest BCUT2D eigenvalue weighted by molar-refractivity contribution is 5.37. The Morgan fingerprint density at radius 3 is 3.06 bits per heavy atom. The first kappa shape index (κ1) is 12.0. The smallest absolute Gasteiger partial charge is 0.0411 e. The normalized spacial score (nSPS) is 21.9. The van der Waals surface area contributed by atoms with E-state index in [0.29, 0.717) is 6.54 Å². The Bertz CT molecular complexity index is 437. The zero-order valence-corrected chi connectivity index (χ0v) is 10.2. The van der Waals surface area contributed by atoms with Crippen LogP contribution in [0, 0.1) is 0 Å². The van der Waals surface area contributed by atoms with Crippen molar-refractivity contribution in [2.75, 3.05) is 6.54 Å². The minimum absolute atomic E-state index is 0.0902. The van der Waals surface area contributed by atoms with Gasteiger partial charge in [-0.2, -0.15) is 0 Å². The molecular formula is C13H18N4. The van der Waals surface area contributed by atoms with Gasteiger partial charge in [-0.25, -0.2) is 0 Å². The van der Waals surface area contributed by atoms with Gasteiger partial charge >= 0.3 is 0 Å². The lowest BCUT2D eigenvalue weighted by Crippen LogP contribution is -2.33. The van der Waals surface area contributed by atoms with E-state index in [0.717, 1.165) is 25.8 Å². The summed E-state index contributed by atoms with van der Waals surface area (Å²) in [6, 6.07) is 8.59. The molecule has 0 bridgehead atoms. The van der Waals surface area contributed by atoms with E-state index >= 15 is 0 Å². The van der Waals surface area contributed by atoms with Crippen LogP contribution in [-0.2, 0) is 12.1 Å². The fourth-order valence-electron chi connectivity index (χ4n) is 2.53. The number of rotatable bonds is 5. The van der Waals surface area contributed by atoms with E-state index in [1.807, 2.05) is 0 Å². The van der Waals surface area contributed by atoms with Crippen LogP contribution in [0.1, 0.15) is 37.3 Å². The fourth-order valence-corrected chi connectivity index (χ4v) is 2.53. The Kier molecular flexibility index (Phi) is 3.67. The molecular weight excluding hydrogens is 212 g/mol. The predicted octanol–water partition coefficient (Wildman–Crippen LogP) is 3.49. The highest BCUT2D eigenvalue weighted by Crippen LogP contribution is 2.34. The largest absolute Gasteiger partial charge is 0.303 e. The number of fused-ring (bicyclic) bond motifs is 1. The third-order valence-electron chi connectivity index (χ3n) is 3.53. The fraction of sp³-hybridized carbons (Fsp3) is 0.538. The second kappa shape index (κ2) is 5.21. The molecule has 1 aliphatic heterocycles. The van der Waals surface area contributed by atoms with Gasteiger partial charge in [-0.15, -0.1) is 0 Å². The van der Waals surface area contributed by atoms with E-state index in [2.05, 4.69) is 46.5 Å². The van der Waals surface area contributed by atoms with Gasteiger partial charge in [0.1, 0.15) is 0 Å². The summed E-state index contributed by atoms with van der Waals surface area (Å²) in [5.41, 5.74) is 11.1. The standard InChI is InChI=1S/C13H18N4/c1-13(8-4-5-9-16-17-14)12-7-3-2-6-11(12)10-15-13/h2-3,6-7,15H,4-5,8-10H2,1H3. The lowest BCUT2D eigenvalue weighted by atomic mass is 9.87. The Balaban J connectivity index is 1.94. The Hall–Kier alpha value is -1.51. The topological polar surface area (TPSA) is 60.8 Å². The highest BCUT2D eigenvalue weighted by Gasteiger charge is 2.32. The summed E-state index contributed by atoms with van der Waals surface area (Å²) in [6.45, 7) is 3.82. The van der Waals surface area contributed by atoms with E-state index in [4.69, 9.17) is 5.53 Å². The maximum absolute atomic E-state index is 8.20. The molecule has 2 rings (SSSR count). The van der Waals surface area contributed by atoms with Gasteiger partial charge in [-0.05, 0) is 36.4 Å². The van der Waals surface area contributed by atoms with Crippen molar-refractivity contribution in [1.29, 1.82) is 0 Å². The number of benzene rings is 1. The number of nitrogens with one attached hydrogen (secondary N) is 1. The average molecular weight is 230 g/mol. The van der Waals surface area contributed by atoms with Crippen LogP contribution >= 0.6 is 0 Å². The quantitative estimate of drug-likeness (QED) is 0.358. The first-order valence-corrected chi connectivity index (χ1v) is 6.10. The van der Waals surface area contributed by atoms with Gasteiger partial charge in [0.2, 0.25) is 0 Å². The van der Waals surface area contributed by atoms with Crippen molar-refractivity contribution in [2.24, 2.45) is 5.11 Å². The van der Waals surface area contributed by atoms with Crippen molar-refractivity contribution in [3.63, 3.8) is 0 Å². The molecule has 0 aromatic heterocycles. The molecule has 0 saturated heterocycles. The lowest BCUT2D eigenvalue weighted by Gasteiger charge is -2.26. The molecule has 1 atom stereocenters. The third kappa shape index (κ3) is 2.60. The van der Waals surface area contributed by atoms with Crippen LogP contribution in [-0.4, -0.2) is 6.54 Å². The molecule has 4 nitrogen and oxygen atoms in total. The van der Waals surface area contributed by atoms with Gasteiger partial charge in [0.25, 0.3) is 0 Å². The zero-order chi connectivity index (χ0) is 12.1. The monoisotopic (exact) mass is 230 g/mol. The van der Waals surface area contributed by atoms with Crippen LogP contribution < -0.4 is 5.32 Å². The van der Waals surface area contributed by atoms with Gasteiger partial charge in [-0.1, -0.05) is 35.8 Å². The average Bonchev–Trinajstić information content (AvgIpc) is 2.68. The summed E-state index contributed by atoms with van der Waals surface area (Å²) < 4.78 is 0. The van der Waals surface area contributed by atoms with Crippen LogP contribution in [0.25, 0.3) is 10.4 Å². The molecule has 90 valence electrons. The van der Waals surface area contributed by atoms with E-state index < -0.39 is 0 Å². The van der Waals surface area contributed by atoms with Crippen LogP contribution in [0.3, 0.4) is 0 Å². The molecule has 1 heterocycles. The molecule has 0 spiro atoms. The Morgan fingerprint density at radius 2 is 2.24 bits per heavy atom. The van der Waals surface area contributed by atoms with Gasteiger partial charge in [0.15, 0.2) is 0 Å². The molecule has 0 saturated carbocycles. The summed E-state index contributed by atoms with van der Waals surface area (Å²) in [5.74, 6) is 0. The third-order valence-corrected chi connectivity index (χ3v) is 3.53. The Morgan fingerprint density at radius 1 is 1.41 bits per heavy atom. The summed E-state index contributed by atoms with van der Waals surface area (Å²) in [5, 5.41) is 7.15. The maximum Gasteiger partial charge on any atom is 0.0411 e. The van der Waals surface area contributed by atoms with Crippen molar-refractivity contribution in [2.45, 2.75) is 38.3 Å².